The number of amides is 1. The summed E-state index contributed by atoms with van der Waals surface area (Å²) >= 11 is 0. The van der Waals surface area contributed by atoms with E-state index in [9.17, 15) is 13.2 Å². The molecule has 6 nitrogen and oxygen atoms in total. The van der Waals surface area contributed by atoms with Crippen molar-refractivity contribution in [2.45, 2.75) is 81.4 Å². The van der Waals surface area contributed by atoms with E-state index in [4.69, 9.17) is 10.9 Å². The molecule has 0 fully saturated rings. The lowest BCUT2D eigenvalue weighted by Gasteiger charge is -2.27. The highest BCUT2D eigenvalue weighted by molar-refractivity contribution is 7.93. The summed E-state index contributed by atoms with van der Waals surface area (Å²) in [7, 11) is -4.13. The fourth-order valence-electron chi connectivity index (χ4n) is 2.91. The fraction of sp³-hybridized carbons (Fsp3) is 0.632. The quantitative estimate of drug-likeness (QED) is 0.290. The van der Waals surface area contributed by atoms with Crippen LogP contribution in [0.4, 0.5) is 0 Å². The Morgan fingerprint density at radius 3 is 2.04 bits per heavy atom. The smallest absolute Gasteiger partial charge is 0.279 e. The molecular weight excluding hydrogens is 352 g/mol. The molecule has 0 heterocycles. The van der Waals surface area contributed by atoms with Gasteiger partial charge in [-0.05, 0) is 31.9 Å². The summed E-state index contributed by atoms with van der Waals surface area (Å²) < 4.78 is 25.8. The molecule has 0 radical (unpaired) electrons. The zero-order valence-corrected chi connectivity index (χ0v) is 16.6. The summed E-state index contributed by atoms with van der Waals surface area (Å²) in [5.41, 5.74) is 8.35. The number of hydrogen-bond acceptors (Lipinski definition) is 5. The second kappa shape index (κ2) is 10.6. The first-order chi connectivity index (χ1) is 12.3. The van der Waals surface area contributed by atoms with Crippen molar-refractivity contribution in [1.29, 1.82) is 0 Å². The number of carbonyl (C=O) groups excluding carboxylic acids is 1. The van der Waals surface area contributed by atoms with E-state index in [1.807, 2.05) is 6.92 Å². The van der Waals surface area contributed by atoms with Crippen molar-refractivity contribution in [1.82, 2.24) is 5.48 Å². The van der Waals surface area contributed by atoms with Crippen LogP contribution in [0.1, 0.15) is 70.3 Å². The van der Waals surface area contributed by atoms with Crippen LogP contribution >= 0.6 is 0 Å². The Bertz CT molecular complexity index is 659. The van der Waals surface area contributed by atoms with E-state index in [2.05, 4.69) is 6.92 Å². The Balaban J connectivity index is 2.75. The van der Waals surface area contributed by atoms with Crippen LogP contribution in [-0.2, 0) is 14.6 Å². The van der Waals surface area contributed by atoms with Gasteiger partial charge in [-0.25, -0.2) is 13.9 Å². The largest absolute Gasteiger partial charge is 0.304 e. The molecule has 0 spiro atoms. The van der Waals surface area contributed by atoms with E-state index in [1.54, 1.807) is 12.1 Å². The Hall–Kier alpha value is -1.44. The van der Waals surface area contributed by atoms with E-state index in [1.165, 1.54) is 43.3 Å². The topological polar surface area (TPSA) is 109 Å². The molecule has 1 aromatic rings. The van der Waals surface area contributed by atoms with Gasteiger partial charge in [0.25, 0.3) is 5.91 Å². The highest BCUT2D eigenvalue weighted by atomic mass is 32.2. The molecule has 0 aromatic heterocycles. The number of nitrogens with two attached hydrogens (primary N) is 1. The Morgan fingerprint density at radius 1 is 1.04 bits per heavy atom. The zero-order valence-electron chi connectivity index (χ0n) is 15.8. The first-order valence-corrected chi connectivity index (χ1v) is 10.8. The summed E-state index contributed by atoms with van der Waals surface area (Å²) in [6.45, 7) is 4.01. The number of nitrogens with one attached hydrogen (secondary N) is 1. The lowest BCUT2D eigenvalue weighted by molar-refractivity contribution is -0.132. The molecule has 0 saturated heterocycles. The maximum atomic E-state index is 12.9. The third-order valence-corrected chi connectivity index (χ3v) is 6.94. The van der Waals surface area contributed by atoms with Crippen LogP contribution in [0.3, 0.4) is 0 Å². The number of benzene rings is 1. The molecule has 0 aliphatic heterocycles. The summed E-state index contributed by atoms with van der Waals surface area (Å²) in [6.07, 6.45) is 8.15. The minimum Gasteiger partial charge on any atom is -0.304 e. The summed E-state index contributed by atoms with van der Waals surface area (Å²) in [4.78, 5) is 9.89. The molecule has 0 aliphatic rings. The molecule has 148 valence electrons. The van der Waals surface area contributed by atoms with Crippen molar-refractivity contribution in [3.8, 4) is 0 Å². The molecule has 1 atom stereocenters. The molecule has 26 heavy (non-hydrogen) atoms. The van der Waals surface area contributed by atoms with Gasteiger partial charge in [-0.3, -0.25) is 10.0 Å². The van der Waals surface area contributed by atoms with Gasteiger partial charge in [0.05, 0.1) is 4.90 Å². The van der Waals surface area contributed by atoms with Gasteiger partial charge in [0.1, 0.15) is 0 Å². The van der Waals surface area contributed by atoms with Crippen LogP contribution in [0.2, 0.25) is 0 Å². The summed E-state index contributed by atoms with van der Waals surface area (Å²) in [5, 5.41) is 9.00. The monoisotopic (exact) mass is 384 g/mol. The molecular formula is C19H32N2O4S. The van der Waals surface area contributed by atoms with Gasteiger partial charge in [0.15, 0.2) is 0 Å². The first-order valence-electron chi connectivity index (χ1n) is 9.34. The average Bonchev–Trinajstić information content (AvgIpc) is 2.63. The maximum absolute atomic E-state index is 12.9. The Kier molecular flexibility index (Phi) is 9.25. The first kappa shape index (κ1) is 22.6. The van der Waals surface area contributed by atoms with Crippen LogP contribution < -0.4 is 11.2 Å². The van der Waals surface area contributed by atoms with Gasteiger partial charge < -0.3 is 5.73 Å². The Labute approximate surface area is 157 Å². The molecule has 1 aromatic carbocycles. The van der Waals surface area contributed by atoms with Crippen molar-refractivity contribution >= 4 is 15.7 Å². The molecule has 0 bridgehead atoms. The van der Waals surface area contributed by atoms with Gasteiger partial charge in [0, 0.05) is 0 Å². The van der Waals surface area contributed by atoms with Gasteiger partial charge in [0.2, 0.25) is 14.7 Å². The molecule has 4 N–H and O–H groups in total. The van der Waals surface area contributed by atoms with E-state index in [-0.39, 0.29) is 11.3 Å². The third kappa shape index (κ3) is 5.79. The van der Waals surface area contributed by atoms with E-state index in [0.29, 0.717) is 6.42 Å². The van der Waals surface area contributed by atoms with E-state index < -0.39 is 20.6 Å². The van der Waals surface area contributed by atoms with Gasteiger partial charge in [-0.2, -0.15) is 0 Å². The van der Waals surface area contributed by atoms with Gasteiger partial charge in [-0.15, -0.1) is 0 Å². The molecule has 0 saturated carbocycles. The Morgan fingerprint density at radius 2 is 1.54 bits per heavy atom. The highest BCUT2D eigenvalue weighted by Crippen LogP contribution is 2.27. The molecule has 0 aliphatic carbocycles. The zero-order chi connectivity index (χ0) is 19.6. The lowest BCUT2D eigenvalue weighted by Crippen LogP contribution is -2.58. The minimum atomic E-state index is -4.13. The van der Waals surface area contributed by atoms with Gasteiger partial charge in [-0.1, -0.05) is 69.6 Å². The fourth-order valence-corrected chi connectivity index (χ4v) is 4.53. The number of hydrogen-bond donors (Lipinski definition) is 3. The molecule has 1 unspecified atom stereocenters. The second-order valence-corrected chi connectivity index (χ2v) is 9.08. The number of hydroxylamine groups is 1. The number of carbonyl (C=O) groups is 1. The third-order valence-electron chi connectivity index (χ3n) is 4.70. The number of rotatable bonds is 12. The van der Waals surface area contributed by atoms with Crippen LogP contribution in [0.25, 0.3) is 0 Å². The molecule has 1 rings (SSSR count). The average molecular weight is 385 g/mol. The van der Waals surface area contributed by atoms with Crippen molar-refractivity contribution in [3.63, 3.8) is 0 Å². The second-order valence-electron chi connectivity index (χ2n) is 6.87. The number of aryl methyl sites for hydroxylation is 1. The highest BCUT2D eigenvalue weighted by Gasteiger charge is 2.47. The van der Waals surface area contributed by atoms with Crippen LogP contribution in [0.15, 0.2) is 29.2 Å². The standard InChI is InChI=1S/C19H32N2O4S/c1-3-4-5-6-7-8-9-10-15-19(20,18(22)21-23)26(24,25)17-13-11-16(2)12-14-17/h11-14,23H,3-10,15,20H2,1-2H3,(H,21,22). The van der Waals surface area contributed by atoms with Crippen molar-refractivity contribution < 1.29 is 18.4 Å². The van der Waals surface area contributed by atoms with Crippen molar-refractivity contribution in [3.05, 3.63) is 29.8 Å². The predicted molar refractivity (Wildman–Crippen MR) is 102 cm³/mol. The van der Waals surface area contributed by atoms with Crippen molar-refractivity contribution in [2.75, 3.05) is 0 Å². The lowest BCUT2D eigenvalue weighted by atomic mass is 10.0. The number of sulfone groups is 1. The van der Waals surface area contributed by atoms with E-state index in [0.717, 1.165) is 24.8 Å². The minimum absolute atomic E-state index is 0.0197. The van der Waals surface area contributed by atoms with Crippen LogP contribution in [-0.4, -0.2) is 24.4 Å². The summed E-state index contributed by atoms with van der Waals surface area (Å²) in [6, 6.07) is 6.18. The van der Waals surface area contributed by atoms with Crippen LogP contribution in [0, 0.1) is 6.92 Å². The molecule has 7 heteroatoms. The summed E-state index contributed by atoms with van der Waals surface area (Å²) in [5.74, 6) is -1.10. The van der Waals surface area contributed by atoms with Gasteiger partial charge >= 0.3 is 0 Å². The SMILES string of the molecule is CCCCCCCCCCC(N)(C(=O)NO)S(=O)(=O)c1ccc(C)cc1. The molecule has 1 amide bonds. The van der Waals surface area contributed by atoms with E-state index >= 15 is 0 Å². The van der Waals surface area contributed by atoms with Crippen molar-refractivity contribution in [2.24, 2.45) is 5.73 Å². The van der Waals surface area contributed by atoms with Crippen LogP contribution in [0.5, 0.6) is 0 Å². The maximum Gasteiger partial charge on any atom is 0.279 e. The normalized spacial score (nSPS) is 14.0. The predicted octanol–water partition coefficient (Wildman–Crippen LogP) is 3.46. The number of unbranched alkanes of at least 4 members (excludes halogenated alkanes) is 7.